The maximum Gasteiger partial charge on any atom is 0.133 e. The molecule has 0 amide bonds. The van der Waals surface area contributed by atoms with Gasteiger partial charge in [0.2, 0.25) is 0 Å². The molecule has 0 fully saturated rings. The first-order valence-corrected chi connectivity index (χ1v) is 10.2. The molecule has 4 N–H and O–H groups in total. The Morgan fingerprint density at radius 3 is 2.64 bits per heavy atom. The number of thiophene rings is 2. The molecule has 0 unspecified atom stereocenters. The maximum atomic E-state index is 9.42. The third-order valence-electron chi connectivity index (χ3n) is 4.05. The average molecular weight is 405 g/mol. The number of phenols is 1. The highest BCUT2D eigenvalue weighted by Gasteiger charge is 2.10. The number of nitrogens with one attached hydrogen (secondary N) is 1. The minimum Gasteiger partial charge on any atom is -0.508 e. The Kier molecular flexibility index (Phi) is 5.02. The van der Waals surface area contributed by atoms with Gasteiger partial charge in [0.05, 0.1) is 4.88 Å². The summed E-state index contributed by atoms with van der Waals surface area (Å²) < 4.78 is 6.94. The van der Waals surface area contributed by atoms with Crippen molar-refractivity contribution in [3.8, 4) is 23.3 Å². The first kappa shape index (κ1) is 18.1. The van der Waals surface area contributed by atoms with Crippen LogP contribution in [0, 0.1) is 17.3 Å². The zero-order valence-electron chi connectivity index (χ0n) is 14.7. The molecule has 4 nitrogen and oxygen atoms in total. The second-order valence-corrected chi connectivity index (χ2v) is 8.19. The van der Waals surface area contributed by atoms with Crippen molar-refractivity contribution in [1.29, 1.82) is 5.41 Å². The quantitative estimate of drug-likeness (QED) is 0.256. The van der Waals surface area contributed by atoms with Gasteiger partial charge in [0.25, 0.3) is 0 Å². The van der Waals surface area contributed by atoms with Crippen molar-refractivity contribution in [1.82, 2.24) is 0 Å². The Labute approximate surface area is 170 Å². The van der Waals surface area contributed by atoms with E-state index in [0.717, 1.165) is 31.8 Å². The number of phenolic OH excluding ortho intramolecular Hbond substituents is 1. The molecular formula is C22H16N2O2S2. The van der Waals surface area contributed by atoms with Crippen molar-refractivity contribution in [3.63, 3.8) is 0 Å². The maximum absolute atomic E-state index is 9.42. The summed E-state index contributed by atoms with van der Waals surface area (Å²) in [6.45, 7) is 0.499. The molecule has 0 radical (unpaired) electrons. The third-order valence-corrected chi connectivity index (χ3v) is 6.01. The molecule has 2 heterocycles. The van der Waals surface area contributed by atoms with Crippen LogP contribution in [0.2, 0.25) is 0 Å². The molecule has 0 spiro atoms. The molecule has 6 heteroatoms. The predicted octanol–water partition coefficient (Wildman–Crippen LogP) is 4.93. The molecule has 4 aromatic rings. The van der Waals surface area contributed by atoms with E-state index in [1.165, 1.54) is 11.3 Å². The van der Waals surface area contributed by atoms with E-state index in [-0.39, 0.29) is 11.6 Å². The molecule has 0 saturated heterocycles. The van der Waals surface area contributed by atoms with Crippen molar-refractivity contribution >= 4 is 38.6 Å². The van der Waals surface area contributed by atoms with E-state index < -0.39 is 0 Å². The van der Waals surface area contributed by atoms with Crippen LogP contribution in [0.25, 0.3) is 10.1 Å². The number of ether oxygens (including phenoxy) is 1. The lowest BCUT2D eigenvalue weighted by Crippen LogP contribution is -2.08. The van der Waals surface area contributed by atoms with E-state index in [1.807, 2.05) is 35.7 Å². The average Bonchev–Trinajstić information content (AvgIpc) is 3.35. The Hall–Kier alpha value is -3.27. The summed E-state index contributed by atoms with van der Waals surface area (Å²) >= 11 is 3.10. The normalized spacial score (nSPS) is 10.4. The second kappa shape index (κ2) is 7.77. The van der Waals surface area contributed by atoms with E-state index in [9.17, 15) is 5.11 Å². The SMILES string of the molecule is N=C(N)c1cc2c(C#Cc3ccc(O)cc3)cc(OCc3cccs3)cc2s1. The van der Waals surface area contributed by atoms with Crippen molar-refractivity contribution in [2.45, 2.75) is 6.61 Å². The van der Waals surface area contributed by atoms with Crippen LogP contribution < -0.4 is 10.5 Å². The number of benzene rings is 2. The summed E-state index contributed by atoms with van der Waals surface area (Å²) in [7, 11) is 0. The molecular weight excluding hydrogens is 388 g/mol. The molecule has 28 heavy (non-hydrogen) atoms. The van der Waals surface area contributed by atoms with Gasteiger partial charge >= 0.3 is 0 Å². The number of fused-ring (bicyclic) bond motifs is 1. The molecule has 0 bridgehead atoms. The minimum atomic E-state index is 0.0414. The van der Waals surface area contributed by atoms with Crippen LogP contribution >= 0.6 is 22.7 Å². The highest BCUT2D eigenvalue weighted by atomic mass is 32.1. The van der Waals surface area contributed by atoms with E-state index in [2.05, 4.69) is 11.8 Å². The van der Waals surface area contributed by atoms with Crippen LogP contribution in [0.15, 0.2) is 60.0 Å². The molecule has 2 aromatic carbocycles. The van der Waals surface area contributed by atoms with Crippen LogP contribution in [0.1, 0.15) is 20.9 Å². The smallest absolute Gasteiger partial charge is 0.133 e. The van der Waals surface area contributed by atoms with Gasteiger partial charge in [0, 0.05) is 26.1 Å². The van der Waals surface area contributed by atoms with Gasteiger partial charge in [0.15, 0.2) is 0 Å². The zero-order chi connectivity index (χ0) is 19.5. The van der Waals surface area contributed by atoms with Crippen LogP contribution in [0.4, 0.5) is 0 Å². The Bertz CT molecular complexity index is 1200. The first-order chi connectivity index (χ1) is 13.6. The largest absolute Gasteiger partial charge is 0.508 e. The number of hydrogen-bond donors (Lipinski definition) is 3. The van der Waals surface area contributed by atoms with Gasteiger partial charge in [-0.1, -0.05) is 17.9 Å². The Morgan fingerprint density at radius 2 is 1.93 bits per heavy atom. The number of rotatable bonds is 4. The lowest BCUT2D eigenvalue weighted by Gasteiger charge is -2.06. The zero-order valence-corrected chi connectivity index (χ0v) is 16.4. The van der Waals surface area contributed by atoms with Crippen LogP contribution in [0.3, 0.4) is 0 Å². The number of amidine groups is 1. The molecule has 0 aliphatic heterocycles. The third kappa shape index (κ3) is 4.01. The van der Waals surface area contributed by atoms with Crippen molar-refractivity contribution in [2.24, 2.45) is 5.73 Å². The number of aromatic hydroxyl groups is 1. The van der Waals surface area contributed by atoms with Crippen molar-refractivity contribution in [3.05, 3.63) is 80.9 Å². The molecule has 0 aliphatic rings. The summed E-state index contributed by atoms with van der Waals surface area (Å²) in [6, 6.07) is 16.6. The fourth-order valence-electron chi connectivity index (χ4n) is 2.67. The summed E-state index contributed by atoms with van der Waals surface area (Å²) in [5.74, 6) is 7.30. The second-order valence-electron chi connectivity index (χ2n) is 6.07. The molecule has 0 atom stereocenters. The lowest BCUT2D eigenvalue weighted by molar-refractivity contribution is 0.310. The van der Waals surface area contributed by atoms with Crippen LogP contribution in [-0.4, -0.2) is 10.9 Å². The van der Waals surface area contributed by atoms with Crippen LogP contribution in [-0.2, 0) is 6.61 Å². The van der Waals surface area contributed by atoms with Gasteiger partial charge in [-0.25, -0.2) is 0 Å². The molecule has 138 valence electrons. The van der Waals surface area contributed by atoms with Gasteiger partial charge in [-0.15, -0.1) is 22.7 Å². The summed E-state index contributed by atoms with van der Waals surface area (Å²) in [6.07, 6.45) is 0. The van der Waals surface area contributed by atoms with Gasteiger partial charge in [-0.2, -0.15) is 0 Å². The number of nitrogens with two attached hydrogens (primary N) is 1. The van der Waals surface area contributed by atoms with Crippen molar-refractivity contribution in [2.75, 3.05) is 0 Å². The highest BCUT2D eigenvalue weighted by Crippen LogP contribution is 2.32. The molecule has 4 rings (SSSR count). The number of hydrogen-bond acceptors (Lipinski definition) is 5. The molecule has 2 aromatic heterocycles. The molecule has 0 saturated carbocycles. The summed E-state index contributed by atoms with van der Waals surface area (Å²) in [5, 5.41) is 20.1. The van der Waals surface area contributed by atoms with E-state index >= 15 is 0 Å². The fourth-order valence-corrected chi connectivity index (χ4v) is 4.26. The van der Waals surface area contributed by atoms with Crippen molar-refractivity contribution < 1.29 is 9.84 Å². The Morgan fingerprint density at radius 1 is 1.11 bits per heavy atom. The summed E-state index contributed by atoms with van der Waals surface area (Å²) in [4.78, 5) is 1.85. The van der Waals surface area contributed by atoms with E-state index in [0.29, 0.717) is 11.5 Å². The van der Waals surface area contributed by atoms with Gasteiger partial charge in [-0.05, 0) is 53.9 Å². The van der Waals surface area contributed by atoms with E-state index in [4.69, 9.17) is 15.9 Å². The monoisotopic (exact) mass is 404 g/mol. The lowest BCUT2D eigenvalue weighted by atomic mass is 10.1. The van der Waals surface area contributed by atoms with Gasteiger partial charge in [-0.3, -0.25) is 5.41 Å². The predicted molar refractivity (Wildman–Crippen MR) is 116 cm³/mol. The topological polar surface area (TPSA) is 79.3 Å². The van der Waals surface area contributed by atoms with Gasteiger partial charge < -0.3 is 15.6 Å². The number of nitrogen functional groups attached to an aromatic ring is 1. The summed E-state index contributed by atoms with van der Waals surface area (Å²) in [5.41, 5.74) is 7.29. The standard InChI is InChI=1S/C22H16N2O2S2/c23-22(24)21-12-19-15(6-3-14-4-7-16(25)8-5-14)10-17(11-20(19)28-21)26-13-18-2-1-9-27-18/h1-2,4-5,7-12,25H,13H2,(H3,23,24). The van der Waals surface area contributed by atoms with Gasteiger partial charge in [0.1, 0.15) is 23.9 Å². The molecule has 0 aliphatic carbocycles. The fraction of sp³-hybridized carbons (Fsp3) is 0.0455. The minimum absolute atomic E-state index is 0.0414. The van der Waals surface area contributed by atoms with Crippen LogP contribution in [0.5, 0.6) is 11.5 Å². The van der Waals surface area contributed by atoms with E-state index in [1.54, 1.807) is 35.6 Å². The Balaban J connectivity index is 1.73. The highest BCUT2D eigenvalue weighted by molar-refractivity contribution is 7.20. The first-order valence-electron chi connectivity index (χ1n) is 8.47.